The van der Waals surface area contributed by atoms with Crippen LogP contribution >= 0.6 is 12.2 Å². The number of para-hydroxylation sites is 3. The zero-order valence-corrected chi connectivity index (χ0v) is 20.9. The minimum absolute atomic E-state index is 0.0784. The van der Waals surface area contributed by atoms with Crippen molar-refractivity contribution < 1.29 is 9.90 Å². The van der Waals surface area contributed by atoms with Gasteiger partial charge in [-0.25, -0.2) is 0 Å². The summed E-state index contributed by atoms with van der Waals surface area (Å²) in [5.74, 6) is 0.0396. The number of phenolic OH excluding ortho intramolecular Hbond substituents is 1. The van der Waals surface area contributed by atoms with Gasteiger partial charge in [-0.2, -0.15) is 0 Å². The van der Waals surface area contributed by atoms with Crippen molar-refractivity contribution in [2.45, 2.75) is 25.9 Å². The molecule has 1 fully saturated rings. The lowest BCUT2D eigenvalue weighted by Gasteiger charge is -2.27. The Hall–Kier alpha value is -4.17. The van der Waals surface area contributed by atoms with E-state index in [1.807, 2.05) is 84.0 Å². The van der Waals surface area contributed by atoms with Gasteiger partial charge in [0.1, 0.15) is 12.3 Å². The van der Waals surface area contributed by atoms with Crippen LogP contribution in [-0.4, -0.2) is 37.1 Å². The summed E-state index contributed by atoms with van der Waals surface area (Å²) in [7, 11) is 0. The van der Waals surface area contributed by atoms with Crippen molar-refractivity contribution in [3.8, 4) is 11.4 Å². The predicted octanol–water partition coefficient (Wildman–Crippen LogP) is 4.81. The number of nitrogens with one attached hydrogen (secondary N) is 2. The highest BCUT2D eigenvalue weighted by molar-refractivity contribution is 7.80. The van der Waals surface area contributed by atoms with Crippen LogP contribution in [0, 0.1) is 13.8 Å². The molecule has 0 unspecified atom stereocenters. The Balaban J connectivity index is 1.55. The monoisotopic (exact) mass is 497 g/mol. The molecule has 0 radical (unpaired) electrons. The number of benzene rings is 2. The van der Waals surface area contributed by atoms with Crippen LogP contribution in [0.15, 0.2) is 85.1 Å². The maximum atomic E-state index is 13.1. The molecule has 0 aliphatic carbocycles. The quantitative estimate of drug-likeness (QED) is 0.332. The molecule has 5 rings (SSSR count). The van der Waals surface area contributed by atoms with Crippen LogP contribution in [0.2, 0.25) is 0 Å². The summed E-state index contributed by atoms with van der Waals surface area (Å²) in [6.07, 6.45) is 1.76. The standard InChI is InChI=1S/C28H27N5O2S/c1-18-16-21(19(2)33(18)23-13-6-7-14-24(23)34)27-26(22-12-8-9-15-29-22)31-28(36)32(27)17-25(35)30-20-10-4-3-5-11-20/h3-16,26-27,34H,17H2,1-2H3,(H,30,35)(H,31,36)/t26-,27-/m0/s1. The smallest absolute Gasteiger partial charge is 0.244 e. The van der Waals surface area contributed by atoms with Crippen LogP contribution < -0.4 is 10.6 Å². The molecule has 1 amide bonds. The second kappa shape index (κ2) is 9.83. The number of anilines is 1. The average Bonchev–Trinajstić information content (AvgIpc) is 3.35. The summed E-state index contributed by atoms with van der Waals surface area (Å²) in [6, 6.07) is 24.0. The molecule has 2 aromatic carbocycles. The van der Waals surface area contributed by atoms with Crippen molar-refractivity contribution in [2.75, 3.05) is 11.9 Å². The molecule has 3 N–H and O–H groups in total. The van der Waals surface area contributed by atoms with Gasteiger partial charge in [-0.15, -0.1) is 0 Å². The number of aryl methyl sites for hydroxylation is 1. The first kappa shape index (κ1) is 23.6. The van der Waals surface area contributed by atoms with E-state index in [-0.39, 0.29) is 30.3 Å². The summed E-state index contributed by atoms with van der Waals surface area (Å²) < 4.78 is 2.03. The maximum Gasteiger partial charge on any atom is 0.244 e. The number of hydrogen-bond acceptors (Lipinski definition) is 4. The van der Waals surface area contributed by atoms with Gasteiger partial charge in [0.2, 0.25) is 5.91 Å². The van der Waals surface area contributed by atoms with Gasteiger partial charge in [-0.1, -0.05) is 36.4 Å². The van der Waals surface area contributed by atoms with Gasteiger partial charge in [-0.3, -0.25) is 9.78 Å². The molecule has 4 aromatic rings. The topological polar surface area (TPSA) is 82.4 Å². The Labute approximate surface area is 215 Å². The van der Waals surface area contributed by atoms with Gasteiger partial charge in [0, 0.05) is 23.3 Å². The lowest BCUT2D eigenvalue weighted by Crippen LogP contribution is -2.37. The lowest BCUT2D eigenvalue weighted by atomic mass is 9.96. The molecule has 0 saturated carbocycles. The highest BCUT2D eigenvalue weighted by atomic mass is 32.1. The molecule has 2 atom stereocenters. The number of nitrogens with zero attached hydrogens (tertiary/aromatic N) is 3. The third-order valence-corrected chi connectivity index (χ3v) is 6.83. The second-order valence-corrected chi connectivity index (χ2v) is 9.21. The van der Waals surface area contributed by atoms with Crippen LogP contribution in [-0.2, 0) is 4.79 Å². The van der Waals surface area contributed by atoms with Crippen LogP contribution in [0.1, 0.15) is 34.7 Å². The number of aromatic nitrogens is 2. The number of rotatable bonds is 6. The zero-order valence-electron chi connectivity index (χ0n) is 20.1. The average molecular weight is 498 g/mol. The largest absolute Gasteiger partial charge is 0.506 e. The number of aromatic hydroxyl groups is 1. The third-order valence-electron chi connectivity index (χ3n) is 6.48. The summed E-state index contributed by atoms with van der Waals surface area (Å²) in [5.41, 5.74) is 5.20. The fourth-order valence-corrected chi connectivity index (χ4v) is 5.21. The van der Waals surface area contributed by atoms with E-state index in [4.69, 9.17) is 12.2 Å². The Morgan fingerprint density at radius 2 is 1.78 bits per heavy atom. The van der Waals surface area contributed by atoms with Crippen molar-refractivity contribution in [1.29, 1.82) is 0 Å². The SMILES string of the molecule is Cc1cc([C@H]2[C@H](c3ccccn3)NC(=S)N2CC(=O)Nc2ccccc2)c(C)n1-c1ccccc1O. The summed E-state index contributed by atoms with van der Waals surface area (Å²) in [6.45, 7) is 4.11. The molecule has 1 saturated heterocycles. The molecule has 36 heavy (non-hydrogen) atoms. The number of carbonyl (C=O) groups excluding carboxylic acids is 1. The highest BCUT2D eigenvalue weighted by Crippen LogP contribution is 2.41. The molecule has 3 heterocycles. The van der Waals surface area contributed by atoms with Crippen molar-refractivity contribution in [2.24, 2.45) is 0 Å². The van der Waals surface area contributed by atoms with Gasteiger partial charge < -0.3 is 25.2 Å². The van der Waals surface area contributed by atoms with E-state index in [2.05, 4.69) is 21.7 Å². The van der Waals surface area contributed by atoms with Gasteiger partial charge in [0.05, 0.1) is 23.5 Å². The van der Waals surface area contributed by atoms with Gasteiger partial charge in [-0.05, 0) is 74.1 Å². The number of carbonyl (C=O) groups is 1. The molecule has 0 spiro atoms. The molecule has 0 bridgehead atoms. The van der Waals surface area contributed by atoms with Crippen LogP contribution in [0.5, 0.6) is 5.75 Å². The van der Waals surface area contributed by atoms with Crippen molar-refractivity contribution in [3.05, 3.63) is 108 Å². The predicted molar refractivity (Wildman–Crippen MR) is 144 cm³/mol. The Bertz CT molecular complexity index is 1400. The van der Waals surface area contributed by atoms with Crippen LogP contribution in [0.4, 0.5) is 5.69 Å². The number of phenols is 1. The van der Waals surface area contributed by atoms with Crippen LogP contribution in [0.3, 0.4) is 0 Å². The molecule has 182 valence electrons. The first-order chi connectivity index (χ1) is 17.4. The van der Waals surface area contributed by atoms with Crippen LogP contribution in [0.25, 0.3) is 5.69 Å². The normalized spacial score (nSPS) is 17.2. The van der Waals surface area contributed by atoms with Crippen molar-refractivity contribution in [3.63, 3.8) is 0 Å². The number of hydrogen-bond donors (Lipinski definition) is 3. The zero-order chi connectivity index (χ0) is 25.2. The molecule has 1 aliphatic rings. The van der Waals surface area contributed by atoms with E-state index in [9.17, 15) is 9.90 Å². The molecule has 1 aliphatic heterocycles. The van der Waals surface area contributed by atoms with E-state index in [1.165, 1.54) is 0 Å². The van der Waals surface area contributed by atoms with Gasteiger partial charge >= 0.3 is 0 Å². The van der Waals surface area contributed by atoms with E-state index < -0.39 is 0 Å². The summed E-state index contributed by atoms with van der Waals surface area (Å²) in [4.78, 5) is 19.6. The van der Waals surface area contributed by atoms with Gasteiger partial charge in [0.15, 0.2) is 5.11 Å². The lowest BCUT2D eigenvalue weighted by molar-refractivity contribution is -0.116. The van der Waals surface area contributed by atoms with Crippen molar-refractivity contribution >= 4 is 28.9 Å². The molecule has 7 nitrogen and oxygen atoms in total. The van der Waals surface area contributed by atoms with E-state index in [1.54, 1.807) is 18.3 Å². The van der Waals surface area contributed by atoms with E-state index >= 15 is 0 Å². The summed E-state index contributed by atoms with van der Waals surface area (Å²) >= 11 is 5.74. The number of thiocarbonyl (C=S) groups is 1. The first-order valence-corrected chi connectivity index (χ1v) is 12.1. The molecule has 8 heteroatoms. The summed E-state index contributed by atoms with van der Waals surface area (Å²) in [5, 5.41) is 17.4. The fourth-order valence-electron chi connectivity index (χ4n) is 4.90. The maximum absolute atomic E-state index is 13.1. The number of pyridine rings is 1. The Kier molecular flexibility index (Phi) is 6.43. The fraction of sp³-hybridized carbons (Fsp3) is 0.179. The van der Waals surface area contributed by atoms with E-state index in [0.717, 1.165) is 28.3 Å². The van der Waals surface area contributed by atoms with Crippen molar-refractivity contribution in [1.82, 2.24) is 19.8 Å². The number of amides is 1. The van der Waals surface area contributed by atoms with Gasteiger partial charge in [0.25, 0.3) is 0 Å². The Morgan fingerprint density at radius 3 is 2.50 bits per heavy atom. The minimum atomic E-state index is -0.278. The molecular weight excluding hydrogens is 470 g/mol. The minimum Gasteiger partial charge on any atom is -0.506 e. The third kappa shape index (κ3) is 4.43. The highest BCUT2D eigenvalue weighted by Gasteiger charge is 2.42. The molecular formula is C28H27N5O2S. The van der Waals surface area contributed by atoms with E-state index in [0.29, 0.717) is 10.8 Å². The first-order valence-electron chi connectivity index (χ1n) is 11.7. The molecule has 2 aromatic heterocycles. The second-order valence-electron chi connectivity index (χ2n) is 8.82. The Morgan fingerprint density at radius 1 is 1.06 bits per heavy atom.